The van der Waals surface area contributed by atoms with Gasteiger partial charge in [0.2, 0.25) is 0 Å². The minimum Gasteiger partial charge on any atom is -0.496 e. The van der Waals surface area contributed by atoms with Crippen molar-refractivity contribution in [1.29, 1.82) is 0 Å². The van der Waals surface area contributed by atoms with Gasteiger partial charge < -0.3 is 4.74 Å². The predicted octanol–water partition coefficient (Wildman–Crippen LogP) is 1.53. The van der Waals surface area contributed by atoms with Crippen LogP contribution in [0.15, 0.2) is 25.0 Å². The van der Waals surface area contributed by atoms with Crippen LogP contribution in [0.25, 0.3) is 17.1 Å². The van der Waals surface area contributed by atoms with Crippen molar-refractivity contribution in [2.45, 2.75) is 6.61 Å². The molecule has 3 heterocycles. The van der Waals surface area contributed by atoms with Crippen LogP contribution in [0, 0.1) is 0 Å². The quantitative estimate of drug-likeness (QED) is 0.624. The molecule has 4 heteroatoms. The molecule has 1 aliphatic heterocycles. The number of hydrogen-bond acceptors (Lipinski definition) is 4. The van der Waals surface area contributed by atoms with Crippen LogP contribution in [0.3, 0.4) is 0 Å². The molecule has 2 aromatic rings. The molecule has 14 heavy (non-hydrogen) atoms. The second-order valence-corrected chi connectivity index (χ2v) is 3.07. The van der Waals surface area contributed by atoms with Crippen molar-refractivity contribution < 1.29 is 4.74 Å². The summed E-state index contributed by atoms with van der Waals surface area (Å²) in [5, 5.41) is 0.976. The highest BCUT2D eigenvalue weighted by Gasteiger charge is 2.10. The smallest absolute Gasteiger partial charge is 0.163 e. The summed E-state index contributed by atoms with van der Waals surface area (Å²) in [6.07, 6.45) is 8.70. The highest BCUT2D eigenvalue weighted by molar-refractivity contribution is 5.85. The number of pyridine rings is 1. The average Bonchev–Trinajstić information content (AvgIpc) is 2.29. The van der Waals surface area contributed by atoms with E-state index in [0.717, 1.165) is 22.2 Å². The largest absolute Gasteiger partial charge is 0.496 e. The zero-order valence-electron chi connectivity index (χ0n) is 7.34. The molecule has 0 atom stereocenters. The van der Waals surface area contributed by atoms with E-state index < -0.39 is 0 Å². The topological polar surface area (TPSA) is 47.9 Å². The van der Waals surface area contributed by atoms with Gasteiger partial charge in [-0.25, -0.2) is 15.0 Å². The van der Waals surface area contributed by atoms with E-state index in [2.05, 4.69) is 15.0 Å². The van der Waals surface area contributed by atoms with Crippen molar-refractivity contribution >= 4 is 17.1 Å². The SMILES string of the molecule is C1=Cc2c(cnc3ncncc23)CO1. The lowest BCUT2D eigenvalue weighted by Crippen LogP contribution is -1.99. The Morgan fingerprint density at radius 3 is 3.21 bits per heavy atom. The number of aromatic nitrogens is 3. The molecule has 0 amide bonds. The molecule has 0 radical (unpaired) electrons. The second-order valence-electron chi connectivity index (χ2n) is 3.07. The van der Waals surface area contributed by atoms with Crippen LogP contribution in [0.2, 0.25) is 0 Å². The van der Waals surface area contributed by atoms with Crippen LogP contribution in [0.1, 0.15) is 11.1 Å². The number of rotatable bonds is 0. The highest BCUT2D eigenvalue weighted by atomic mass is 16.5. The van der Waals surface area contributed by atoms with Crippen molar-refractivity contribution in [3.8, 4) is 0 Å². The molecule has 3 rings (SSSR count). The van der Waals surface area contributed by atoms with Crippen molar-refractivity contribution in [3.05, 3.63) is 36.1 Å². The van der Waals surface area contributed by atoms with Gasteiger partial charge in [0.05, 0.1) is 6.26 Å². The molecule has 2 aromatic heterocycles. The Labute approximate surface area is 80.3 Å². The Morgan fingerprint density at radius 1 is 1.21 bits per heavy atom. The Hall–Kier alpha value is -1.97. The van der Waals surface area contributed by atoms with E-state index in [-0.39, 0.29) is 0 Å². The standard InChI is InChI=1S/C10H7N3O/c1-2-14-5-7-3-12-10-9(8(1)7)4-11-6-13-10/h1-4,6H,5H2. The van der Waals surface area contributed by atoms with Crippen LogP contribution in [-0.2, 0) is 11.3 Å². The molecular formula is C10H7N3O. The van der Waals surface area contributed by atoms with Crippen molar-refractivity contribution in [3.63, 3.8) is 0 Å². The minimum atomic E-state index is 0.573. The maximum Gasteiger partial charge on any atom is 0.163 e. The number of nitrogens with zero attached hydrogens (tertiary/aromatic N) is 3. The lowest BCUT2D eigenvalue weighted by Gasteiger charge is -2.12. The molecule has 0 aliphatic carbocycles. The van der Waals surface area contributed by atoms with Gasteiger partial charge in [0.25, 0.3) is 0 Å². The molecule has 4 nitrogen and oxygen atoms in total. The third kappa shape index (κ3) is 0.970. The zero-order valence-corrected chi connectivity index (χ0v) is 7.34. The third-order valence-electron chi connectivity index (χ3n) is 2.24. The first-order valence-electron chi connectivity index (χ1n) is 4.31. The lowest BCUT2D eigenvalue weighted by molar-refractivity contribution is 0.234. The molecule has 0 saturated carbocycles. The van der Waals surface area contributed by atoms with Gasteiger partial charge in [-0.05, 0) is 11.6 Å². The van der Waals surface area contributed by atoms with Gasteiger partial charge in [0.15, 0.2) is 5.65 Å². The number of ether oxygens (including phenoxy) is 1. The van der Waals surface area contributed by atoms with Crippen molar-refractivity contribution in [2.24, 2.45) is 0 Å². The molecule has 68 valence electrons. The molecular weight excluding hydrogens is 178 g/mol. The van der Waals surface area contributed by atoms with E-state index in [4.69, 9.17) is 4.74 Å². The average molecular weight is 185 g/mol. The maximum absolute atomic E-state index is 5.18. The van der Waals surface area contributed by atoms with Crippen LogP contribution in [0.5, 0.6) is 0 Å². The normalized spacial score (nSPS) is 13.7. The van der Waals surface area contributed by atoms with Gasteiger partial charge in [-0.1, -0.05) is 0 Å². The number of hydrogen-bond donors (Lipinski definition) is 0. The molecule has 0 spiro atoms. The fourth-order valence-electron chi connectivity index (χ4n) is 1.56. The first kappa shape index (κ1) is 7.44. The summed E-state index contributed by atoms with van der Waals surface area (Å²) in [7, 11) is 0. The van der Waals surface area contributed by atoms with E-state index >= 15 is 0 Å². The molecule has 0 aromatic carbocycles. The van der Waals surface area contributed by atoms with Crippen molar-refractivity contribution in [1.82, 2.24) is 15.0 Å². The lowest BCUT2D eigenvalue weighted by atomic mass is 10.1. The minimum absolute atomic E-state index is 0.573. The summed E-state index contributed by atoms with van der Waals surface area (Å²) in [4.78, 5) is 12.3. The molecule has 0 bridgehead atoms. The fraction of sp³-hybridized carbons (Fsp3) is 0.100. The Morgan fingerprint density at radius 2 is 2.21 bits per heavy atom. The Balaban J connectivity index is 2.42. The van der Waals surface area contributed by atoms with E-state index in [9.17, 15) is 0 Å². The number of fused-ring (bicyclic) bond motifs is 3. The van der Waals surface area contributed by atoms with E-state index in [1.165, 1.54) is 6.33 Å². The summed E-state index contributed by atoms with van der Waals surface area (Å²) in [5.41, 5.74) is 2.92. The summed E-state index contributed by atoms with van der Waals surface area (Å²) in [5.74, 6) is 0. The fourth-order valence-corrected chi connectivity index (χ4v) is 1.56. The third-order valence-corrected chi connectivity index (χ3v) is 2.24. The molecule has 0 N–H and O–H groups in total. The summed E-state index contributed by atoms with van der Waals surface area (Å²) < 4.78 is 5.18. The monoisotopic (exact) mass is 185 g/mol. The highest BCUT2D eigenvalue weighted by Crippen LogP contribution is 2.23. The first-order valence-corrected chi connectivity index (χ1v) is 4.31. The van der Waals surface area contributed by atoms with Gasteiger partial charge in [-0.3, -0.25) is 0 Å². The zero-order chi connectivity index (χ0) is 9.38. The molecule has 0 fully saturated rings. The molecule has 0 saturated heterocycles. The first-order chi connectivity index (χ1) is 6.95. The van der Waals surface area contributed by atoms with E-state index in [1.807, 2.05) is 6.08 Å². The van der Waals surface area contributed by atoms with E-state index in [0.29, 0.717) is 6.61 Å². The van der Waals surface area contributed by atoms with Gasteiger partial charge >= 0.3 is 0 Å². The van der Waals surface area contributed by atoms with E-state index in [1.54, 1.807) is 18.7 Å². The van der Waals surface area contributed by atoms with Gasteiger partial charge in [0, 0.05) is 23.3 Å². The summed E-state index contributed by atoms with van der Waals surface area (Å²) in [6, 6.07) is 0. The predicted molar refractivity (Wildman–Crippen MR) is 51.2 cm³/mol. The van der Waals surface area contributed by atoms with Gasteiger partial charge in [0.1, 0.15) is 12.9 Å². The summed E-state index contributed by atoms with van der Waals surface area (Å²) >= 11 is 0. The van der Waals surface area contributed by atoms with Gasteiger partial charge in [-0.15, -0.1) is 0 Å². The Bertz CT molecular complexity index is 522. The van der Waals surface area contributed by atoms with Gasteiger partial charge in [-0.2, -0.15) is 0 Å². The second kappa shape index (κ2) is 2.77. The van der Waals surface area contributed by atoms with Crippen LogP contribution < -0.4 is 0 Å². The van der Waals surface area contributed by atoms with Crippen LogP contribution in [0.4, 0.5) is 0 Å². The molecule has 0 unspecified atom stereocenters. The van der Waals surface area contributed by atoms with Crippen LogP contribution in [-0.4, -0.2) is 15.0 Å². The Kier molecular flexibility index (Phi) is 1.47. The van der Waals surface area contributed by atoms with Crippen molar-refractivity contribution in [2.75, 3.05) is 0 Å². The van der Waals surface area contributed by atoms with Crippen LogP contribution >= 0.6 is 0 Å². The maximum atomic E-state index is 5.18. The molecule has 1 aliphatic rings. The summed E-state index contributed by atoms with van der Waals surface area (Å²) in [6.45, 7) is 0.573.